The molecule has 5 heteroatoms. The van der Waals surface area contributed by atoms with E-state index in [9.17, 15) is 9.59 Å². The lowest BCUT2D eigenvalue weighted by Gasteiger charge is -2.19. The van der Waals surface area contributed by atoms with E-state index in [0.29, 0.717) is 5.56 Å². The van der Waals surface area contributed by atoms with Crippen LogP contribution in [0.4, 0.5) is 0 Å². The molecule has 1 heterocycles. The maximum atomic E-state index is 12.0. The van der Waals surface area contributed by atoms with E-state index in [1.54, 1.807) is 17.2 Å². The monoisotopic (exact) mass is 251 g/mol. The number of nitrogens with two attached hydrogens (primary N) is 1. The van der Waals surface area contributed by atoms with Gasteiger partial charge in [-0.1, -0.05) is 13.3 Å². The molecule has 2 N–H and O–H groups in total. The predicted molar refractivity (Wildman–Crippen MR) is 70.3 cm³/mol. The zero-order valence-electron chi connectivity index (χ0n) is 11.1. The van der Waals surface area contributed by atoms with Crippen molar-refractivity contribution in [2.75, 3.05) is 19.6 Å². The van der Waals surface area contributed by atoms with Crippen LogP contribution in [0.15, 0.2) is 18.5 Å². The number of ketones is 1. The summed E-state index contributed by atoms with van der Waals surface area (Å²) < 4.78 is 1.83. The molecule has 18 heavy (non-hydrogen) atoms. The Bertz CT molecular complexity index is 412. The number of amides is 1. The summed E-state index contributed by atoms with van der Waals surface area (Å²) in [6.07, 6.45) is 5.59. The van der Waals surface area contributed by atoms with Gasteiger partial charge >= 0.3 is 0 Å². The van der Waals surface area contributed by atoms with Crippen LogP contribution in [-0.4, -0.2) is 40.8 Å². The first-order valence-electron chi connectivity index (χ1n) is 6.18. The van der Waals surface area contributed by atoms with Crippen LogP contribution in [0.1, 0.15) is 30.1 Å². The van der Waals surface area contributed by atoms with Crippen LogP contribution in [-0.2, 0) is 11.8 Å². The third-order valence-corrected chi connectivity index (χ3v) is 2.73. The van der Waals surface area contributed by atoms with Crippen molar-refractivity contribution in [2.24, 2.45) is 12.8 Å². The molecule has 1 amide bonds. The second-order valence-corrected chi connectivity index (χ2v) is 4.52. The quantitative estimate of drug-likeness (QED) is 0.695. The number of rotatable bonds is 8. The van der Waals surface area contributed by atoms with E-state index in [1.165, 1.54) is 0 Å². The van der Waals surface area contributed by atoms with Crippen molar-refractivity contribution in [3.63, 3.8) is 0 Å². The number of aryl methyl sites for hydroxylation is 1. The van der Waals surface area contributed by atoms with Crippen molar-refractivity contribution in [1.29, 1.82) is 0 Å². The van der Waals surface area contributed by atoms with Crippen molar-refractivity contribution in [3.8, 4) is 0 Å². The van der Waals surface area contributed by atoms with E-state index in [2.05, 4.69) is 6.92 Å². The Morgan fingerprint density at radius 3 is 2.61 bits per heavy atom. The first-order valence-corrected chi connectivity index (χ1v) is 6.18. The zero-order valence-corrected chi connectivity index (χ0v) is 11.1. The van der Waals surface area contributed by atoms with Gasteiger partial charge in [0.15, 0.2) is 5.78 Å². The molecule has 0 fully saturated rings. The van der Waals surface area contributed by atoms with Gasteiger partial charge in [-0.25, -0.2) is 0 Å². The summed E-state index contributed by atoms with van der Waals surface area (Å²) >= 11 is 0. The van der Waals surface area contributed by atoms with Crippen molar-refractivity contribution in [3.05, 3.63) is 24.0 Å². The molecule has 0 radical (unpaired) electrons. The minimum absolute atomic E-state index is 0.0213. The SMILES string of the molecule is CCCCN(CC(N)=O)CC(=O)c1ccn(C)c1. The van der Waals surface area contributed by atoms with Crippen LogP contribution in [0, 0.1) is 0 Å². The molecule has 0 aromatic carbocycles. The highest BCUT2D eigenvalue weighted by Gasteiger charge is 2.14. The van der Waals surface area contributed by atoms with Gasteiger partial charge in [0, 0.05) is 25.0 Å². The van der Waals surface area contributed by atoms with E-state index in [0.717, 1.165) is 19.4 Å². The number of hydrogen-bond acceptors (Lipinski definition) is 3. The molecule has 0 unspecified atom stereocenters. The Kier molecular flexibility index (Phi) is 5.58. The van der Waals surface area contributed by atoms with Crippen molar-refractivity contribution < 1.29 is 9.59 Å². The Hall–Kier alpha value is -1.62. The molecule has 0 aliphatic rings. The van der Waals surface area contributed by atoms with Gasteiger partial charge in [-0.2, -0.15) is 0 Å². The standard InChI is InChI=1S/C13H21N3O2/c1-3-4-6-16(10-13(14)18)9-12(17)11-5-7-15(2)8-11/h5,7-8H,3-4,6,9-10H2,1-2H3,(H2,14,18). The molecule has 0 aliphatic carbocycles. The summed E-state index contributed by atoms with van der Waals surface area (Å²) in [6.45, 7) is 3.17. The number of carbonyl (C=O) groups is 2. The van der Waals surface area contributed by atoms with E-state index in [1.807, 2.05) is 17.8 Å². The Morgan fingerprint density at radius 1 is 1.39 bits per heavy atom. The van der Waals surface area contributed by atoms with Gasteiger partial charge in [0.2, 0.25) is 5.91 Å². The molecule has 0 saturated carbocycles. The van der Waals surface area contributed by atoms with Crippen molar-refractivity contribution in [2.45, 2.75) is 19.8 Å². The molecule has 0 spiro atoms. The summed E-state index contributed by atoms with van der Waals surface area (Å²) in [5.41, 5.74) is 5.86. The lowest BCUT2D eigenvalue weighted by atomic mass is 10.2. The van der Waals surface area contributed by atoms with Gasteiger partial charge in [-0.05, 0) is 19.0 Å². The number of aromatic nitrogens is 1. The summed E-state index contributed by atoms with van der Waals surface area (Å²) in [5, 5.41) is 0. The van der Waals surface area contributed by atoms with E-state index in [4.69, 9.17) is 5.73 Å². The van der Waals surface area contributed by atoms with Gasteiger partial charge < -0.3 is 10.3 Å². The fraction of sp³-hybridized carbons (Fsp3) is 0.538. The fourth-order valence-corrected chi connectivity index (χ4v) is 1.78. The third-order valence-electron chi connectivity index (χ3n) is 2.73. The summed E-state index contributed by atoms with van der Waals surface area (Å²) in [7, 11) is 1.87. The second-order valence-electron chi connectivity index (χ2n) is 4.52. The van der Waals surface area contributed by atoms with Crippen molar-refractivity contribution in [1.82, 2.24) is 9.47 Å². The highest BCUT2D eigenvalue weighted by Crippen LogP contribution is 2.04. The molecule has 1 aromatic rings. The molecule has 5 nitrogen and oxygen atoms in total. The van der Waals surface area contributed by atoms with Gasteiger partial charge in [-0.15, -0.1) is 0 Å². The first-order chi connectivity index (χ1) is 8.52. The molecular weight excluding hydrogens is 230 g/mol. The van der Waals surface area contributed by atoms with Gasteiger partial charge in [-0.3, -0.25) is 14.5 Å². The largest absolute Gasteiger partial charge is 0.369 e. The van der Waals surface area contributed by atoms with Gasteiger partial charge in [0.05, 0.1) is 13.1 Å². The number of primary amides is 1. The number of Topliss-reactive ketones (excluding diaryl/α,β-unsaturated/α-hetero) is 1. The Labute approximate surface area is 108 Å². The zero-order chi connectivity index (χ0) is 13.5. The fourth-order valence-electron chi connectivity index (χ4n) is 1.78. The van der Waals surface area contributed by atoms with Crippen LogP contribution in [0.2, 0.25) is 0 Å². The second kappa shape index (κ2) is 6.96. The summed E-state index contributed by atoms with van der Waals surface area (Å²) in [4.78, 5) is 24.8. The Balaban J connectivity index is 2.58. The third kappa shape index (κ3) is 4.71. The normalized spacial score (nSPS) is 10.8. The Morgan fingerprint density at radius 2 is 2.11 bits per heavy atom. The summed E-state index contributed by atoms with van der Waals surface area (Å²) in [5.74, 6) is -0.375. The topological polar surface area (TPSA) is 68.3 Å². The lowest BCUT2D eigenvalue weighted by molar-refractivity contribution is -0.119. The number of hydrogen-bond donors (Lipinski definition) is 1. The predicted octanol–water partition coefficient (Wildman–Crippen LogP) is 0.795. The average molecular weight is 251 g/mol. The van der Waals surface area contributed by atoms with Crippen LogP contribution in [0.25, 0.3) is 0 Å². The molecular formula is C13H21N3O2. The maximum Gasteiger partial charge on any atom is 0.231 e. The van der Waals surface area contributed by atoms with E-state index >= 15 is 0 Å². The first kappa shape index (κ1) is 14.4. The maximum absolute atomic E-state index is 12.0. The smallest absolute Gasteiger partial charge is 0.231 e. The average Bonchev–Trinajstić information content (AvgIpc) is 2.72. The number of nitrogens with zero attached hydrogens (tertiary/aromatic N) is 2. The minimum atomic E-state index is -0.396. The molecule has 0 saturated heterocycles. The molecule has 100 valence electrons. The minimum Gasteiger partial charge on any atom is -0.369 e. The molecule has 0 aliphatic heterocycles. The molecule has 0 atom stereocenters. The highest BCUT2D eigenvalue weighted by atomic mass is 16.1. The molecule has 1 rings (SSSR count). The van der Waals surface area contributed by atoms with Crippen LogP contribution < -0.4 is 5.73 Å². The van der Waals surface area contributed by atoms with E-state index in [-0.39, 0.29) is 18.9 Å². The van der Waals surface area contributed by atoms with Gasteiger partial charge in [0.25, 0.3) is 0 Å². The van der Waals surface area contributed by atoms with Crippen LogP contribution in [0.5, 0.6) is 0 Å². The van der Waals surface area contributed by atoms with Crippen LogP contribution in [0.3, 0.4) is 0 Å². The number of carbonyl (C=O) groups excluding carboxylic acids is 2. The number of unbranched alkanes of at least 4 members (excludes halogenated alkanes) is 1. The molecule has 0 bridgehead atoms. The van der Waals surface area contributed by atoms with E-state index < -0.39 is 5.91 Å². The van der Waals surface area contributed by atoms with Gasteiger partial charge in [0.1, 0.15) is 0 Å². The van der Waals surface area contributed by atoms with Crippen molar-refractivity contribution >= 4 is 11.7 Å². The van der Waals surface area contributed by atoms with Crippen LogP contribution >= 0.6 is 0 Å². The summed E-state index contributed by atoms with van der Waals surface area (Å²) in [6, 6.07) is 1.78. The lowest BCUT2D eigenvalue weighted by Crippen LogP contribution is -2.38. The molecule has 1 aromatic heterocycles. The highest BCUT2D eigenvalue weighted by molar-refractivity contribution is 5.97.